The predicted molar refractivity (Wildman–Crippen MR) is 69.6 cm³/mol. The second-order valence-electron chi connectivity index (χ2n) is 3.96. The minimum absolute atomic E-state index is 0.0151. The van der Waals surface area contributed by atoms with Crippen LogP contribution in [0.2, 0.25) is 0 Å². The van der Waals surface area contributed by atoms with Gasteiger partial charge in [-0.2, -0.15) is 12.6 Å². The van der Waals surface area contributed by atoms with Gasteiger partial charge in [0.15, 0.2) is 0 Å². The normalized spacial score (nSPS) is 19.5. The predicted octanol–water partition coefficient (Wildman–Crippen LogP) is 1.08. The standard InChI is InChI=1S/C12H14N2O2S/c1-13-12(16)9-4-2-3-5-10(9)14-7-8(17)6-11(14)15/h2-5,8,17H,6-7H2,1H3,(H,13,16). The van der Waals surface area contributed by atoms with Crippen molar-refractivity contribution >= 4 is 30.1 Å². The van der Waals surface area contributed by atoms with Crippen molar-refractivity contribution in [2.45, 2.75) is 11.7 Å². The lowest BCUT2D eigenvalue weighted by Crippen LogP contribution is -2.28. The third-order valence-electron chi connectivity index (χ3n) is 2.77. The number of carbonyl (C=O) groups excluding carboxylic acids is 2. The number of para-hydroxylation sites is 1. The van der Waals surface area contributed by atoms with Crippen LogP contribution < -0.4 is 10.2 Å². The number of rotatable bonds is 2. The van der Waals surface area contributed by atoms with Crippen LogP contribution in [0.15, 0.2) is 24.3 Å². The maximum Gasteiger partial charge on any atom is 0.253 e. The van der Waals surface area contributed by atoms with Gasteiger partial charge in [-0.25, -0.2) is 0 Å². The molecule has 2 amide bonds. The Morgan fingerprint density at radius 2 is 2.18 bits per heavy atom. The molecule has 1 aliphatic rings. The summed E-state index contributed by atoms with van der Waals surface area (Å²) in [5.41, 5.74) is 1.18. The molecule has 2 rings (SSSR count). The Morgan fingerprint density at radius 1 is 1.47 bits per heavy atom. The monoisotopic (exact) mass is 250 g/mol. The van der Waals surface area contributed by atoms with Crippen LogP contribution in [-0.4, -0.2) is 30.7 Å². The second-order valence-corrected chi connectivity index (χ2v) is 4.69. The van der Waals surface area contributed by atoms with E-state index in [4.69, 9.17) is 0 Å². The highest BCUT2D eigenvalue weighted by Crippen LogP contribution is 2.27. The molecule has 0 saturated carbocycles. The highest BCUT2D eigenvalue weighted by molar-refractivity contribution is 7.81. The van der Waals surface area contributed by atoms with E-state index < -0.39 is 0 Å². The summed E-state index contributed by atoms with van der Waals surface area (Å²) in [5, 5.41) is 2.62. The van der Waals surface area contributed by atoms with Crippen molar-refractivity contribution < 1.29 is 9.59 Å². The number of thiol groups is 1. The van der Waals surface area contributed by atoms with Gasteiger partial charge in [-0.1, -0.05) is 12.1 Å². The van der Waals surface area contributed by atoms with Crippen LogP contribution in [0.4, 0.5) is 5.69 Å². The molecule has 0 spiro atoms. The molecule has 1 aromatic carbocycles. The number of hydrogen-bond donors (Lipinski definition) is 2. The minimum Gasteiger partial charge on any atom is -0.355 e. The average Bonchev–Trinajstić information content (AvgIpc) is 2.67. The molecule has 17 heavy (non-hydrogen) atoms. The van der Waals surface area contributed by atoms with Gasteiger partial charge in [-0.15, -0.1) is 0 Å². The van der Waals surface area contributed by atoms with Crippen LogP contribution in [-0.2, 0) is 4.79 Å². The van der Waals surface area contributed by atoms with Crippen molar-refractivity contribution in [3.8, 4) is 0 Å². The molecule has 1 aliphatic heterocycles. The first-order valence-electron chi connectivity index (χ1n) is 5.43. The molecule has 1 N–H and O–H groups in total. The number of carbonyl (C=O) groups is 2. The maximum atomic E-state index is 11.8. The molecule has 0 aliphatic carbocycles. The number of amides is 2. The van der Waals surface area contributed by atoms with Gasteiger partial charge in [0.1, 0.15) is 0 Å². The van der Waals surface area contributed by atoms with E-state index in [1.165, 1.54) is 0 Å². The molecule has 1 unspecified atom stereocenters. The lowest BCUT2D eigenvalue weighted by molar-refractivity contribution is -0.117. The van der Waals surface area contributed by atoms with Crippen LogP contribution in [0, 0.1) is 0 Å². The van der Waals surface area contributed by atoms with Crippen molar-refractivity contribution in [2.24, 2.45) is 0 Å². The molecule has 1 atom stereocenters. The molecule has 1 fully saturated rings. The summed E-state index contributed by atoms with van der Waals surface area (Å²) >= 11 is 4.31. The Kier molecular flexibility index (Phi) is 3.38. The quantitative estimate of drug-likeness (QED) is 0.772. The van der Waals surface area contributed by atoms with Gasteiger partial charge in [0.25, 0.3) is 5.91 Å². The Labute approximate surface area is 105 Å². The second kappa shape index (κ2) is 4.79. The van der Waals surface area contributed by atoms with Gasteiger partial charge < -0.3 is 10.2 Å². The van der Waals surface area contributed by atoms with Crippen molar-refractivity contribution in [1.29, 1.82) is 0 Å². The van der Waals surface area contributed by atoms with E-state index in [-0.39, 0.29) is 17.1 Å². The number of nitrogens with one attached hydrogen (secondary N) is 1. The van der Waals surface area contributed by atoms with E-state index in [9.17, 15) is 9.59 Å². The van der Waals surface area contributed by atoms with Crippen molar-refractivity contribution in [2.75, 3.05) is 18.5 Å². The van der Waals surface area contributed by atoms with E-state index in [0.29, 0.717) is 24.2 Å². The molecule has 4 nitrogen and oxygen atoms in total. The maximum absolute atomic E-state index is 11.8. The fourth-order valence-corrected chi connectivity index (χ4v) is 2.28. The van der Waals surface area contributed by atoms with Crippen molar-refractivity contribution in [1.82, 2.24) is 5.32 Å². The van der Waals surface area contributed by atoms with Gasteiger partial charge in [0, 0.05) is 25.3 Å². The molecule has 1 heterocycles. The largest absolute Gasteiger partial charge is 0.355 e. The summed E-state index contributed by atoms with van der Waals surface area (Å²) in [6, 6.07) is 7.11. The molecule has 0 bridgehead atoms. The van der Waals surface area contributed by atoms with Crippen molar-refractivity contribution in [3.05, 3.63) is 29.8 Å². The van der Waals surface area contributed by atoms with Gasteiger partial charge >= 0.3 is 0 Å². The first kappa shape index (κ1) is 12.0. The molecule has 5 heteroatoms. The molecule has 0 aromatic heterocycles. The summed E-state index contributed by atoms with van der Waals surface area (Å²) in [7, 11) is 1.58. The summed E-state index contributed by atoms with van der Waals surface area (Å²) in [6.07, 6.45) is 0.422. The van der Waals surface area contributed by atoms with Crippen LogP contribution >= 0.6 is 12.6 Å². The molecule has 1 saturated heterocycles. The zero-order valence-electron chi connectivity index (χ0n) is 9.51. The highest BCUT2D eigenvalue weighted by atomic mass is 32.1. The van der Waals surface area contributed by atoms with Crippen molar-refractivity contribution in [3.63, 3.8) is 0 Å². The molecule has 90 valence electrons. The Balaban J connectivity index is 2.38. The fraction of sp³-hybridized carbons (Fsp3) is 0.333. The Hall–Kier alpha value is -1.49. The third kappa shape index (κ3) is 2.29. The zero-order chi connectivity index (χ0) is 12.4. The Morgan fingerprint density at radius 3 is 2.76 bits per heavy atom. The van der Waals surface area contributed by atoms with Gasteiger partial charge in [-0.3, -0.25) is 9.59 Å². The summed E-state index contributed by atoms with van der Waals surface area (Å²) in [4.78, 5) is 25.1. The minimum atomic E-state index is -0.184. The lowest BCUT2D eigenvalue weighted by atomic mass is 10.1. The molecular weight excluding hydrogens is 236 g/mol. The van der Waals surface area contributed by atoms with Crippen LogP contribution in [0.1, 0.15) is 16.8 Å². The van der Waals surface area contributed by atoms with Crippen LogP contribution in [0.5, 0.6) is 0 Å². The average molecular weight is 250 g/mol. The number of hydrogen-bond acceptors (Lipinski definition) is 3. The molecule has 0 radical (unpaired) electrons. The van der Waals surface area contributed by atoms with E-state index in [0.717, 1.165) is 0 Å². The number of anilines is 1. The van der Waals surface area contributed by atoms with E-state index in [1.54, 1.807) is 30.1 Å². The van der Waals surface area contributed by atoms with Crippen LogP contribution in [0.25, 0.3) is 0 Å². The summed E-state index contributed by atoms with van der Waals surface area (Å²) < 4.78 is 0. The summed E-state index contributed by atoms with van der Waals surface area (Å²) in [6.45, 7) is 0.552. The first-order valence-corrected chi connectivity index (χ1v) is 5.94. The Bertz CT molecular complexity index is 462. The third-order valence-corrected chi connectivity index (χ3v) is 3.12. The highest BCUT2D eigenvalue weighted by Gasteiger charge is 2.30. The van der Waals surface area contributed by atoms with Gasteiger partial charge in [-0.05, 0) is 12.1 Å². The zero-order valence-corrected chi connectivity index (χ0v) is 10.4. The van der Waals surface area contributed by atoms with E-state index in [1.807, 2.05) is 6.07 Å². The first-order chi connectivity index (χ1) is 8.13. The SMILES string of the molecule is CNC(=O)c1ccccc1N1CC(S)CC1=O. The van der Waals surface area contributed by atoms with Gasteiger partial charge in [0.2, 0.25) is 5.91 Å². The van der Waals surface area contributed by atoms with E-state index in [2.05, 4.69) is 17.9 Å². The van der Waals surface area contributed by atoms with Gasteiger partial charge in [0.05, 0.1) is 11.3 Å². The fourth-order valence-electron chi connectivity index (χ4n) is 1.96. The number of nitrogens with zero attached hydrogens (tertiary/aromatic N) is 1. The molecular formula is C12H14N2O2S. The lowest BCUT2D eigenvalue weighted by Gasteiger charge is -2.19. The molecule has 1 aromatic rings. The van der Waals surface area contributed by atoms with E-state index >= 15 is 0 Å². The summed E-state index contributed by atoms with van der Waals surface area (Å²) in [5.74, 6) is -0.169. The number of benzene rings is 1. The van der Waals surface area contributed by atoms with Crippen LogP contribution in [0.3, 0.4) is 0 Å². The smallest absolute Gasteiger partial charge is 0.253 e. The topological polar surface area (TPSA) is 49.4 Å².